The number of halogens is 1. The number of anilines is 1. The van der Waals surface area contributed by atoms with Crippen molar-refractivity contribution in [3.05, 3.63) is 58.2 Å². The van der Waals surface area contributed by atoms with Crippen molar-refractivity contribution >= 4 is 40.3 Å². The summed E-state index contributed by atoms with van der Waals surface area (Å²) in [6.45, 7) is 2.68. The van der Waals surface area contributed by atoms with Gasteiger partial charge < -0.3 is 14.7 Å². The lowest BCUT2D eigenvalue weighted by Crippen LogP contribution is -2.48. The minimum absolute atomic E-state index is 0.00210. The minimum atomic E-state index is -1.44. The molecule has 0 aromatic carbocycles. The Morgan fingerprint density at radius 3 is 2.79 bits per heavy atom. The van der Waals surface area contributed by atoms with Crippen molar-refractivity contribution in [3.8, 4) is 5.13 Å². The molecule has 4 aromatic heterocycles. The Labute approximate surface area is 194 Å². The smallest absolute Gasteiger partial charge is 0.341 e. The molecule has 1 fully saturated rings. The number of carboxylic acid groups (broad SMARTS) is 1. The number of carbonyl (C=O) groups is 2. The van der Waals surface area contributed by atoms with Gasteiger partial charge in [0.15, 0.2) is 17.3 Å². The second-order valence-electron chi connectivity index (χ2n) is 7.42. The number of carboxylic acids is 1. The molecular weight excluding hydrogens is 469 g/mol. The maximum atomic E-state index is 15.0. The second-order valence-corrected chi connectivity index (χ2v) is 8.18. The summed E-state index contributed by atoms with van der Waals surface area (Å²) in [5, 5.41) is 13.7. The van der Waals surface area contributed by atoms with Gasteiger partial charge in [-0.2, -0.15) is 9.47 Å². The first kappa shape index (κ1) is 21.6. The molecule has 34 heavy (non-hydrogen) atoms. The molecule has 1 aliphatic rings. The third-order valence-corrected chi connectivity index (χ3v) is 6.01. The van der Waals surface area contributed by atoms with Crippen molar-refractivity contribution in [1.82, 2.24) is 28.7 Å². The average Bonchev–Trinajstić information content (AvgIpc) is 3.46. The highest BCUT2D eigenvalue weighted by molar-refractivity contribution is 7.08. The fraction of sp³-hybridized carbons (Fsp3) is 0.250. The van der Waals surface area contributed by atoms with Gasteiger partial charge in [-0.3, -0.25) is 14.0 Å². The van der Waals surface area contributed by atoms with E-state index in [9.17, 15) is 23.9 Å². The Morgan fingerprint density at radius 2 is 2.12 bits per heavy atom. The van der Waals surface area contributed by atoms with Gasteiger partial charge in [0.05, 0.1) is 29.8 Å². The van der Waals surface area contributed by atoms with E-state index in [1.54, 1.807) is 22.7 Å². The molecule has 0 amide bonds. The van der Waals surface area contributed by atoms with Crippen LogP contribution in [0.1, 0.15) is 33.7 Å². The lowest BCUT2D eigenvalue weighted by molar-refractivity contribution is 0.0525. The summed E-state index contributed by atoms with van der Waals surface area (Å²) in [4.78, 5) is 46.1. The van der Waals surface area contributed by atoms with Crippen LogP contribution in [-0.2, 0) is 4.74 Å². The van der Waals surface area contributed by atoms with Crippen LogP contribution in [-0.4, -0.2) is 65.4 Å². The van der Waals surface area contributed by atoms with Gasteiger partial charge >= 0.3 is 11.9 Å². The quantitative estimate of drug-likeness (QED) is 0.399. The minimum Gasteiger partial charge on any atom is -0.477 e. The van der Waals surface area contributed by atoms with Gasteiger partial charge in [-0.25, -0.2) is 23.9 Å². The SMILES string of the molecule is CCOC(=O)c1cnn(C2CN(c3nc4c(cc3F)c(=O)c(C(=O)O)cn4-c3ncns3)C2)c1. The van der Waals surface area contributed by atoms with Crippen LogP contribution in [0.4, 0.5) is 10.2 Å². The van der Waals surface area contributed by atoms with Crippen LogP contribution in [0.15, 0.2) is 35.8 Å². The molecule has 0 spiro atoms. The van der Waals surface area contributed by atoms with E-state index in [1.165, 1.54) is 17.1 Å². The highest BCUT2D eigenvalue weighted by Crippen LogP contribution is 2.30. The Morgan fingerprint density at radius 1 is 1.32 bits per heavy atom. The van der Waals surface area contributed by atoms with Crippen molar-refractivity contribution < 1.29 is 23.8 Å². The molecule has 1 N–H and O–H groups in total. The molecule has 1 saturated heterocycles. The summed E-state index contributed by atoms with van der Waals surface area (Å²) in [5.41, 5.74) is -0.983. The van der Waals surface area contributed by atoms with Crippen LogP contribution in [0, 0.1) is 5.82 Å². The molecule has 0 saturated carbocycles. The van der Waals surface area contributed by atoms with E-state index in [2.05, 4.69) is 19.4 Å². The highest BCUT2D eigenvalue weighted by atomic mass is 32.1. The van der Waals surface area contributed by atoms with Crippen molar-refractivity contribution in [1.29, 1.82) is 0 Å². The number of ether oxygens (including phenoxy) is 1. The van der Waals surface area contributed by atoms with Crippen LogP contribution in [0.3, 0.4) is 0 Å². The molecule has 0 bridgehead atoms. The molecule has 1 aliphatic heterocycles. The first-order chi connectivity index (χ1) is 16.4. The maximum Gasteiger partial charge on any atom is 0.341 e. The number of rotatable bonds is 6. The zero-order valence-electron chi connectivity index (χ0n) is 17.6. The highest BCUT2D eigenvalue weighted by Gasteiger charge is 2.33. The summed E-state index contributed by atoms with van der Waals surface area (Å²) in [6.07, 6.45) is 5.38. The van der Waals surface area contributed by atoms with Gasteiger partial charge in [-0.1, -0.05) is 0 Å². The number of nitrogens with zero attached hydrogens (tertiary/aromatic N) is 7. The Bertz CT molecular complexity index is 1480. The van der Waals surface area contributed by atoms with Gasteiger partial charge in [-0.15, -0.1) is 0 Å². The van der Waals surface area contributed by atoms with Crippen LogP contribution in [0.5, 0.6) is 0 Å². The Balaban J connectivity index is 1.49. The third-order valence-electron chi connectivity index (χ3n) is 5.35. The molecule has 174 valence electrons. The number of esters is 1. The molecular formula is C20H16FN7O5S. The number of carbonyl (C=O) groups excluding carboxylic acids is 1. The predicted octanol–water partition coefficient (Wildman–Crippen LogP) is 1.51. The van der Waals surface area contributed by atoms with E-state index < -0.39 is 28.7 Å². The van der Waals surface area contributed by atoms with E-state index in [0.29, 0.717) is 18.7 Å². The lowest BCUT2D eigenvalue weighted by Gasteiger charge is -2.40. The standard InChI is InChI=1S/C20H16FN7O5S/c1-2-33-19(32)10-4-23-28(5-10)11-6-26(7-11)17-14(21)3-12-15(29)13(18(30)31)8-27(16(12)25-17)20-22-9-24-34-20/h3-5,8-9,11H,2,6-7H2,1H3,(H,30,31). The topological polar surface area (TPSA) is 145 Å². The largest absolute Gasteiger partial charge is 0.477 e. The molecule has 14 heteroatoms. The molecule has 5 rings (SSSR count). The molecule has 4 aromatic rings. The first-order valence-electron chi connectivity index (χ1n) is 10.1. The van der Waals surface area contributed by atoms with Gasteiger partial charge in [0.2, 0.25) is 10.6 Å². The normalized spacial score (nSPS) is 13.8. The van der Waals surface area contributed by atoms with Crippen LogP contribution in [0.25, 0.3) is 16.2 Å². The van der Waals surface area contributed by atoms with Crippen molar-refractivity contribution in [3.63, 3.8) is 0 Å². The van der Waals surface area contributed by atoms with Gasteiger partial charge in [0.1, 0.15) is 11.9 Å². The van der Waals surface area contributed by atoms with E-state index in [0.717, 1.165) is 23.8 Å². The van der Waals surface area contributed by atoms with Gasteiger partial charge in [0.25, 0.3) is 0 Å². The fourth-order valence-corrected chi connectivity index (χ4v) is 4.17. The first-order valence-corrected chi connectivity index (χ1v) is 10.9. The van der Waals surface area contributed by atoms with Crippen molar-refractivity contribution in [2.75, 3.05) is 24.6 Å². The maximum absolute atomic E-state index is 15.0. The van der Waals surface area contributed by atoms with E-state index in [1.807, 2.05) is 0 Å². The van der Waals surface area contributed by atoms with Crippen LogP contribution < -0.4 is 10.3 Å². The molecule has 0 unspecified atom stereocenters. The second kappa shape index (κ2) is 8.30. The van der Waals surface area contributed by atoms with Crippen LogP contribution in [0.2, 0.25) is 0 Å². The lowest BCUT2D eigenvalue weighted by atomic mass is 10.1. The summed E-state index contributed by atoms with van der Waals surface area (Å²) in [6, 6.07) is 0.865. The molecule has 5 heterocycles. The Kier molecular flexibility index (Phi) is 5.28. The molecule has 0 atom stereocenters. The summed E-state index contributed by atoms with van der Waals surface area (Å²) in [5.74, 6) is -2.67. The van der Waals surface area contributed by atoms with Crippen molar-refractivity contribution in [2.45, 2.75) is 13.0 Å². The summed E-state index contributed by atoms with van der Waals surface area (Å²) >= 11 is 0.971. The number of fused-ring (bicyclic) bond motifs is 1. The average molecular weight is 485 g/mol. The van der Waals surface area contributed by atoms with Crippen molar-refractivity contribution in [2.24, 2.45) is 0 Å². The molecule has 12 nitrogen and oxygen atoms in total. The van der Waals surface area contributed by atoms with Crippen LogP contribution >= 0.6 is 11.5 Å². The number of aromatic carboxylic acids is 1. The predicted molar refractivity (Wildman–Crippen MR) is 117 cm³/mol. The zero-order chi connectivity index (χ0) is 24.0. The fourth-order valence-electron chi connectivity index (χ4n) is 3.66. The summed E-state index contributed by atoms with van der Waals surface area (Å²) < 4.78 is 26.8. The number of hydrogen-bond donors (Lipinski definition) is 1. The monoisotopic (exact) mass is 485 g/mol. The van der Waals surface area contributed by atoms with E-state index >= 15 is 0 Å². The molecule has 0 radical (unpaired) electrons. The zero-order valence-corrected chi connectivity index (χ0v) is 18.4. The Hall–Kier alpha value is -4.20. The van der Waals surface area contributed by atoms with E-state index in [-0.39, 0.29) is 34.6 Å². The number of aromatic nitrogens is 6. The number of pyridine rings is 2. The molecule has 0 aliphatic carbocycles. The third kappa shape index (κ3) is 3.57. The van der Waals surface area contributed by atoms with E-state index in [4.69, 9.17) is 4.74 Å². The van der Waals surface area contributed by atoms with Gasteiger partial charge in [-0.05, 0) is 13.0 Å². The number of hydrogen-bond acceptors (Lipinski definition) is 10. The van der Waals surface area contributed by atoms with Gasteiger partial charge in [0, 0.05) is 37.0 Å². The summed E-state index contributed by atoms with van der Waals surface area (Å²) in [7, 11) is 0.